The van der Waals surface area contributed by atoms with Crippen LogP contribution in [0.1, 0.15) is 23.4 Å². The first-order chi connectivity index (χ1) is 14.1. The second-order valence-corrected chi connectivity index (χ2v) is 7.41. The van der Waals surface area contributed by atoms with E-state index in [2.05, 4.69) is 15.0 Å². The van der Waals surface area contributed by atoms with E-state index in [0.29, 0.717) is 12.2 Å². The molecule has 4 aromatic rings. The number of aromatic nitrogens is 3. The van der Waals surface area contributed by atoms with Crippen LogP contribution in [0.3, 0.4) is 0 Å². The largest absolute Gasteiger partial charge is 0.361 e. The zero-order valence-electron chi connectivity index (χ0n) is 16.7. The highest BCUT2D eigenvalue weighted by molar-refractivity contribution is 5.58. The summed E-state index contributed by atoms with van der Waals surface area (Å²) in [6, 6.07) is 17.5. The summed E-state index contributed by atoms with van der Waals surface area (Å²) in [5.74, 6) is 0.884. The number of benzene rings is 1. The molecule has 0 bridgehead atoms. The Morgan fingerprint density at radius 3 is 2.76 bits per heavy atom. The first-order valence-electron chi connectivity index (χ1n) is 9.77. The van der Waals surface area contributed by atoms with Gasteiger partial charge in [0.25, 0.3) is 5.56 Å². The molecule has 0 saturated carbocycles. The molecule has 0 unspecified atom stereocenters. The molecule has 0 aliphatic rings. The number of nitrogens with zero attached hydrogens (tertiary/aromatic N) is 4. The van der Waals surface area contributed by atoms with E-state index >= 15 is 0 Å². The number of aryl methyl sites for hydroxylation is 2. The number of pyridine rings is 1. The Morgan fingerprint density at radius 1 is 1.10 bits per heavy atom. The molecule has 3 aromatic heterocycles. The Morgan fingerprint density at radius 2 is 1.93 bits per heavy atom. The van der Waals surface area contributed by atoms with Crippen LogP contribution in [0, 0.1) is 6.92 Å². The molecule has 0 aliphatic carbocycles. The van der Waals surface area contributed by atoms with Crippen molar-refractivity contribution in [2.45, 2.75) is 26.3 Å². The van der Waals surface area contributed by atoms with Crippen LogP contribution >= 0.6 is 0 Å². The van der Waals surface area contributed by atoms with Crippen LogP contribution in [0.4, 0.5) is 0 Å². The summed E-state index contributed by atoms with van der Waals surface area (Å²) in [6.45, 7) is 3.46. The lowest BCUT2D eigenvalue weighted by Crippen LogP contribution is -2.23. The topological polar surface area (TPSA) is 63.6 Å². The van der Waals surface area contributed by atoms with Crippen LogP contribution < -0.4 is 5.56 Å². The molecule has 0 amide bonds. The quantitative estimate of drug-likeness (QED) is 0.483. The SMILES string of the molecule is Cc1ccc2nc(CN(C)CCCc3cc(-c4ccccc4)no3)cc(=O)n2c1. The molecule has 1 aromatic carbocycles. The van der Waals surface area contributed by atoms with E-state index in [4.69, 9.17) is 4.52 Å². The molecule has 0 atom stereocenters. The normalized spacial score (nSPS) is 11.4. The predicted molar refractivity (Wildman–Crippen MR) is 113 cm³/mol. The van der Waals surface area contributed by atoms with E-state index in [9.17, 15) is 4.79 Å². The minimum Gasteiger partial charge on any atom is -0.361 e. The van der Waals surface area contributed by atoms with Gasteiger partial charge in [0.15, 0.2) is 0 Å². The third-order valence-electron chi connectivity index (χ3n) is 4.88. The average Bonchev–Trinajstić information content (AvgIpc) is 3.18. The number of rotatable bonds is 7. The van der Waals surface area contributed by atoms with Crippen LogP contribution in [-0.4, -0.2) is 33.0 Å². The Hall–Kier alpha value is -3.25. The average molecular weight is 388 g/mol. The summed E-state index contributed by atoms with van der Waals surface area (Å²) in [6.07, 6.45) is 3.57. The Labute approximate surface area is 169 Å². The van der Waals surface area contributed by atoms with Crippen molar-refractivity contribution in [3.05, 3.63) is 88.2 Å². The fraction of sp³-hybridized carbons (Fsp3) is 0.261. The standard InChI is InChI=1S/C23H24N4O2/c1-17-10-11-22-24-19(13-23(28)27(22)15-17)16-26(2)12-6-9-20-14-21(25-29-20)18-7-4-3-5-8-18/h3-5,7-8,10-11,13-15H,6,9,12,16H2,1-2H3. The van der Waals surface area contributed by atoms with Gasteiger partial charge in [-0.1, -0.05) is 41.6 Å². The molecule has 0 aliphatic heterocycles. The minimum absolute atomic E-state index is 0.0443. The summed E-state index contributed by atoms with van der Waals surface area (Å²) in [4.78, 5) is 19.1. The van der Waals surface area contributed by atoms with Gasteiger partial charge in [0, 0.05) is 36.9 Å². The number of hydrogen-bond donors (Lipinski definition) is 0. The number of hydrogen-bond acceptors (Lipinski definition) is 5. The van der Waals surface area contributed by atoms with Crippen LogP contribution in [0.2, 0.25) is 0 Å². The zero-order valence-corrected chi connectivity index (χ0v) is 16.7. The summed E-state index contributed by atoms with van der Waals surface area (Å²) < 4.78 is 7.06. The van der Waals surface area contributed by atoms with E-state index < -0.39 is 0 Å². The van der Waals surface area contributed by atoms with Gasteiger partial charge in [-0.3, -0.25) is 9.20 Å². The third-order valence-corrected chi connectivity index (χ3v) is 4.88. The van der Waals surface area contributed by atoms with Crippen LogP contribution in [-0.2, 0) is 13.0 Å². The molecular weight excluding hydrogens is 364 g/mol. The van der Waals surface area contributed by atoms with Gasteiger partial charge >= 0.3 is 0 Å². The van der Waals surface area contributed by atoms with Gasteiger partial charge in [0.2, 0.25) is 0 Å². The summed E-state index contributed by atoms with van der Waals surface area (Å²) in [5, 5.41) is 4.16. The van der Waals surface area contributed by atoms with Crippen LogP contribution in [0.5, 0.6) is 0 Å². The van der Waals surface area contributed by atoms with Crippen molar-refractivity contribution in [2.75, 3.05) is 13.6 Å². The molecule has 0 N–H and O–H groups in total. The van der Waals surface area contributed by atoms with Gasteiger partial charge in [0.1, 0.15) is 17.1 Å². The van der Waals surface area contributed by atoms with E-state index in [1.165, 1.54) is 0 Å². The summed E-state index contributed by atoms with van der Waals surface area (Å²) >= 11 is 0. The monoisotopic (exact) mass is 388 g/mol. The molecule has 0 saturated heterocycles. The van der Waals surface area contributed by atoms with E-state index in [0.717, 1.165) is 47.7 Å². The Kier molecular flexibility index (Phi) is 5.53. The van der Waals surface area contributed by atoms with Crippen molar-refractivity contribution in [3.8, 4) is 11.3 Å². The van der Waals surface area contributed by atoms with E-state index in [1.807, 2.05) is 68.7 Å². The maximum atomic E-state index is 12.3. The lowest BCUT2D eigenvalue weighted by atomic mass is 10.1. The molecule has 4 rings (SSSR count). The molecule has 0 radical (unpaired) electrons. The lowest BCUT2D eigenvalue weighted by Gasteiger charge is -2.15. The highest BCUT2D eigenvalue weighted by Gasteiger charge is 2.09. The van der Waals surface area contributed by atoms with Crippen molar-refractivity contribution in [2.24, 2.45) is 0 Å². The molecule has 29 heavy (non-hydrogen) atoms. The van der Waals surface area contributed by atoms with Gasteiger partial charge < -0.3 is 9.42 Å². The zero-order chi connectivity index (χ0) is 20.2. The highest BCUT2D eigenvalue weighted by Crippen LogP contribution is 2.19. The molecule has 6 nitrogen and oxygen atoms in total. The molecule has 0 fully saturated rings. The van der Waals surface area contributed by atoms with E-state index in [-0.39, 0.29) is 5.56 Å². The van der Waals surface area contributed by atoms with Gasteiger partial charge in [0.05, 0.1) is 5.69 Å². The smallest absolute Gasteiger partial charge is 0.258 e. The van der Waals surface area contributed by atoms with Crippen molar-refractivity contribution >= 4 is 5.65 Å². The fourth-order valence-electron chi connectivity index (χ4n) is 3.39. The van der Waals surface area contributed by atoms with Gasteiger partial charge in [-0.25, -0.2) is 4.98 Å². The van der Waals surface area contributed by atoms with Crippen LogP contribution in [0.15, 0.2) is 70.1 Å². The second-order valence-electron chi connectivity index (χ2n) is 7.41. The summed E-state index contributed by atoms with van der Waals surface area (Å²) in [7, 11) is 2.04. The van der Waals surface area contributed by atoms with Crippen molar-refractivity contribution < 1.29 is 4.52 Å². The molecule has 3 heterocycles. The highest BCUT2D eigenvalue weighted by atomic mass is 16.5. The van der Waals surface area contributed by atoms with Gasteiger partial charge in [-0.05, 0) is 38.6 Å². The lowest BCUT2D eigenvalue weighted by molar-refractivity contribution is 0.308. The predicted octanol–water partition coefficient (Wildman–Crippen LogP) is 3.72. The summed E-state index contributed by atoms with van der Waals surface area (Å²) in [5.41, 5.74) is 4.38. The first kappa shape index (κ1) is 19.1. The van der Waals surface area contributed by atoms with E-state index in [1.54, 1.807) is 10.5 Å². The number of fused-ring (bicyclic) bond motifs is 1. The van der Waals surface area contributed by atoms with Crippen molar-refractivity contribution in [3.63, 3.8) is 0 Å². The van der Waals surface area contributed by atoms with Gasteiger partial charge in [-0.2, -0.15) is 0 Å². The van der Waals surface area contributed by atoms with Crippen molar-refractivity contribution in [1.29, 1.82) is 0 Å². The van der Waals surface area contributed by atoms with Gasteiger partial charge in [-0.15, -0.1) is 0 Å². The third kappa shape index (κ3) is 4.60. The maximum Gasteiger partial charge on any atom is 0.258 e. The Bertz CT molecular complexity index is 1160. The van der Waals surface area contributed by atoms with Crippen LogP contribution in [0.25, 0.3) is 16.9 Å². The first-order valence-corrected chi connectivity index (χ1v) is 9.77. The minimum atomic E-state index is -0.0443. The maximum absolute atomic E-state index is 12.3. The molecule has 0 spiro atoms. The Balaban J connectivity index is 1.33. The second kappa shape index (κ2) is 8.41. The van der Waals surface area contributed by atoms with Crippen molar-refractivity contribution in [1.82, 2.24) is 19.4 Å². The molecule has 6 heteroatoms. The fourth-order valence-corrected chi connectivity index (χ4v) is 3.39. The molecule has 148 valence electrons. The molecular formula is C23H24N4O2.